The van der Waals surface area contributed by atoms with Gasteiger partial charge in [0.2, 0.25) is 0 Å². The third-order valence-corrected chi connectivity index (χ3v) is 4.54. The second kappa shape index (κ2) is 5.05. The van der Waals surface area contributed by atoms with Gasteiger partial charge in [-0.25, -0.2) is 8.42 Å². The second-order valence-electron chi connectivity index (χ2n) is 4.62. The Morgan fingerprint density at radius 2 is 1.85 bits per heavy atom. The zero-order valence-electron chi connectivity index (χ0n) is 11.2. The number of nitrogens with one attached hydrogen (secondary N) is 1. The van der Waals surface area contributed by atoms with Gasteiger partial charge < -0.3 is 10.8 Å². The average Bonchev–Trinajstić information content (AvgIpc) is 2.33. The van der Waals surface area contributed by atoms with Gasteiger partial charge in [-0.1, -0.05) is 6.07 Å². The van der Waals surface area contributed by atoms with E-state index in [1.807, 2.05) is 0 Å². The Morgan fingerprint density at radius 1 is 1.15 bits per heavy atom. The number of hydrogen-bond acceptors (Lipinski definition) is 4. The molecule has 0 aliphatic rings. The molecule has 0 saturated heterocycles. The van der Waals surface area contributed by atoms with Crippen molar-refractivity contribution in [2.75, 3.05) is 10.5 Å². The van der Waals surface area contributed by atoms with Gasteiger partial charge in [-0.15, -0.1) is 0 Å². The van der Waals surface area contributed by atoms with Crippen molar-refractivity contribution in [2.24, 2.45) is 0 Å². The van der Waals surface area contributed by atoms with E-state index < -0.39 is 10.0 Å². The van der Waals surface area contributed by atoms with Gasteiger partial charge in [0.15, 0.2) is 0 Å². The van der Waals surface area contributed by atoms with Gasteiger partial charge in [0.1, 0.15) is 5.75 Å². The van der Waals surface area contributed by atoms with Gasteiger partial charge >= 0.3 is 0 Å². The first-order valence-electron chi connectivity index (χ1n) is 5.98. The van der Waals surface area contributed by atoms with Crippen molar-refractivity contribution < 1.29 is 13.5 Å². The standard InChI is InChI=1S/C14H16N2O3S/c1-9-6-11(15)7-14(10(9)2)20(18,19)16-12-4-3-5-13(17)8-12/h3-8,16-17H,15H2,1-2H3. The number of benzene rings is 2. The molecule has 0 aromatic heterocycles. The summed E-state index contributed by atoms with van der Waals surface area (Å²) < 4.78 is 27.2. The van der Waals surface area contributed by atoms with Gasteiger partial charge in [0.25, 0.3) is 10.0 Å². The van der Waals surface area contributed by atoms with Crippen molar-refractivity contribution in [1.82, 2.24) is 0 Å². The Labute approximate surface area is 118 Å². The van der Waals surface area contributed by atoms with Crippen LogP contribution in [0.5, 0.6) is 5.75 Å². The lowest BCUT2D eigenvalue weighted by atomic mass is 10.1. The zero-order chi connectivity index (χ0) is 14.9. The van der Waals surface area contributed by atoms with E-state index in [1.165, 1.54) is 18.2 Å². The average molecular weight is 292 g/mol. The Kier molecular flexibility index (Phi) is 3.59. The van der Waals surface area contributed by atoms with E-state index in [-0.39, 0.29) is 10.6 Å². The molecule has 0 bridgehead atoms. The molecule has 6 heteroatoms. The maximum absolute atomic E-state index is 12.4. The predicted octanol–water partition coefficient (Wildman–Crippen LogP) is 2.39. The van der Waals surface area contributed by atoms with Crippen molar-refractivity contribution in [3.05, 3.63) is 47.5 Å². The van der Waals surface area contributed by atoms with Gasteiger partial charge in [0.05, 0.1) is 10.6 Å². The van der Waals surface area contributed by atoms with Crippen molar-refractivity contribution in [1.29, 1.82) is 0 Å². The normalized spacial score (nSPS) is 11.3. The molecule has 0 unspecified atom stereocenters. The number of phenols is 1. The van der Waals surface area contributed by atoms with Gasteiger partial charge in [-0.3, -0.25) is 4.72 Å². The van der Waals surface area contributed by atoms with Crippen LogP contribution in [0.25, 0.3) is 0 Å². The maximum Gasteiger partial charge on any atom is 0.262 e. The van der Waals surface area contributed by atoms with Gasteiger partial charge in [-0.2, -0.15) is 0 Å². The zero-order valence-corrected chi connectivity index (χ0v) is 12.0. The van der Waals surface area contributed by atoms with E-state index in [4.69, 9.17) is 5.73 Å². The lowest BCUT2D eigenvalue weighted by Crippen LogP contribution is -2.15. The fourth-order valence-corrected chi connectivity index (χ4v) is 3.32. The van der Waals surface area contributed by atoms with Crippen molar-refractivity contribution in [2.45, 2.75) is 18.7 Å². The molecule has 4 N–H and O–H groups in total. The van der Waals surface area contributed by atoms with Crippen LogP contribution in [0.1, 0.15) is 11.1 Å². The Morgan fingerprint density at radius 3 is 2.50 bits per heavy atom. The van der Waals surface area contributed by atoms with Crippen LogP contribution in [-0.2, 0) is 10.0 Å². The minimum absolute atomic E-state index is 0.00863. The molecule has 0 spiro atoms. The van der Waals surface area contributed by atoms with E-state index in [2.05, 4.69) is 4.72 Å². The summed E-state index contributed by atoms with van der Waals surface area (Å²) in [5, 5.41) is 9.37. The number of nitrogen functional groups attached to an aromatic ring is 1. The molecule has 20 heavy (non-hydrogen) atoms. The third kappa shape index (κ3) is 2.85. The highest BCUT2D eigenvalue weighted by Crippen LogP contribution is 2.25. The molecule has 0 atom stereocenters. The second-order valence-corrected chi connectivity index (χ2v) is 6.27. The lowest BCUT2D eigenvalue weighted by Gasteiger charge is -2.13. The van der Waals surface area contributed by atoms with Crippen molar-refractivity contribution in [3.8, 4) is 5.75 Å². The smallest absolute Gasteiger partial charge is 0.262 e. The van der Waals surface area contributed by atoms with Crippen molar-refractivity contribution >= 4 is 21.4 Å². The number of aryl methyl sites for hydroxylation is 1. The van der Waals surface area contributed by atoms with Crippen LogP contribution >= 0.6 is 0 Å². The fourth-order valence-electron chi connectivity index (χ4n) is 1.91. The minimum atomic E-state index is -3.75. The summed E-state index contributed by atoms with van der Waals surface area (Å²) in [5.74, 6) is -0.00863. The predicted molar refractivity (Wildman–Crippen MR) is 79.2 cm³/mol. The molecule has 2 aromatic rings. The van der Waals surface area contributed by atoms with Crippen LogP contribution < -0.4 is 10.5 Å². The fraction of sp³-hybridized carbons (Fsp3) is 0.143. The quantitative estimate of drug-likeness (QED) is 0.757. The highest BCUT2D eigenvalue weighted by atomic mass is 32.2. The van der Waals surface area contributed by atoms with Crippen LogP contribution in [-0.4, -0.2) is 13.5 Å². The van der Waals surface area contributed by atoms with Gasteiger partial charge in [-0.05, 0) is 49.2 Å². The van der Waals surface area contributed by atoms with E-state index >= 15 is 0 Å². The Bertz CT molecular complexity index is 755. The molecule has 5 nitrogen and oxygen atoms in total. The minimum Gasteiger partial charge on any atom is -0.508 e. The largest absolute Gasteiger partial charge is 0.508 e. The third-order valence-electron chi connectivity index (χ3n) is 3.03. The number of hydrogen-bond donors (Lipinski definition) is 3. The molecular weight excluding hydrogens is 276 g/mol. The molecule has 0 amide bonds. The highest BCUT2D eigenvalue weighted by Gasteiger charge is 2.18. The van der Waals surface area contributed by atoms with Crippen LogP contribution in [0.2, 0.25) is 0 Å². The Balaban J connectivity index is 2.46. The number of sulfonamides is 1. The first-order valence-corrected chi connectivity index (χ1v) is 7.46. The Hall–Kier alpha value is -2.21. The molecule has 0 aliphatic carbocycles. The molecule has 0 radical (unpaired) electrons. The van der Waals surface area contributed by atoms with E-state index in [0.717, 1.165) is 5.56 Å². The maximum atomic E-state index is 12.4. The number of phenolic OH excluding ortho intramolecular Hbond substituents is 1. The summed E-state index contributed by atoms with van der Waals surface area (Å²) in [6, 6.07) is 9.08. The van der Waals surface area contributed by atoms with E-state index in [1.54, 1.807) is 32.0 Å². The summed E-state index contributed by atoms with van der Waals surface area (Å²) in [6.07, 6.45) is 0. The monoisotopic (exact) mass is 292 g/mol. The molecule has 2 aromatic carbocycles. The van der Waals surface area contributed by atoms with E-state index in [0.29, 0.717) is 16.9 Å². The van der Waals surface area contributed by atoms with Crippen LogP contribution in [0.3, 0.4) is 0 Å². The van der Waals surface area contributed by atoms with E-state index in [9.17, 15) is 13.5 Å². The summed E-state index contributed by atoms with van der Waals surface area (Å²) in [6.45, 7) is 3.53. The number of aromatic hydroxyl groups is 1. The van der Waals surface area contributed by atoms with Crippen molar-refractivity contribution in [3.63, 3.8) is 0 Å². The summed E-state index contributed by atoms with van der Waals surface area (Å²) in [4.78, 5) is 0.137. The first-order chi connectivity index (χ1) is 9.29. The molecule has 0 aliphatic heterocycles. The van der Waals surface area contributed by atoms with Crippen LogP contribution in [0, 0.1) is 13.8 Å². The van der Waals surface area contributed by atoms with Crippen LogP contribution in [0.4, 0.5) is 11.4 Å². The molecule has 2 rings (SSSR count). The molecule has 106 valence electrons. The lowest BCUT2D eigenvalue weighted by molar-refractivity contribution is 0.475. The molecule has 0 fully saturated rings. The summed E-state index contributed by atoms with van der Waals surface area (Å²) >= 11 is 0. The highest BCUT2D eigenvalue weighted by molar-refractivity contribution is 7.92. The molecule has 0 heterocycles. The summed E-state index contributed by atoms with van der Waals surface area (Å²) in [5.41, 5.74) is 7.85. The SMILES string of the molecule is Cc1cc(N)cc(S(=O)(=O)Nc2cccc(O)c2)c1C. The summed E-state index contributed by atoms with van der Waals surface area (Å²) in [7, 11) is -3.75. The van der Waals surface area contributed by atoms with Gasteiger partial charge in [0, 0.05) is 11.8 Å². The number of anilines is 2. The number of rotatable bonds is 3. The number of nitrogens with two attached hydrogens (primary N) is 1. The molecular formula is C14H16N2O3S. The molecule has 0 saturated carbocycles. The van der Waals surface area contributed by atoms with Crippen LogP contribution in [0.15, 0.2) is 41.3 Å². The first kappa shape index (κ1) is 14.2. The topological polar surface area (TPSA) is 92.4 Å².